The van der Waals surface area contributed by atoms with Gasteiger partial charge in [0.25, 0.3) is 0 Å². The van der Waals surface area contributed by atoms with Crippen LogP contribution in [0.3, 0.4) is 0 Å². The second kappa shape index (κ2) is 6.87. The van der Waals surface area contributed by atoms with Gasteiger partial charge in [-0.1, -0.05) is 24.3 Å². The van der Waals surface area contributed by atoms with Crippen LogP contribution in [0, 0.1) is 0 Å². The molecule has 4 nitrogen and oxygen atoms in total. The van der Waals surface area contributed by atoms with E-state index in [1.54, 1.807) is 25.3 Å². The van der Waals surface area contributed by atoms with Crippen molar-refractivity contribution < 1.29 is 14.3 Å². The van der Waals surface area contributed by atoms with E-state index in [-0.39, 0.29) is 24.2 Å². The molecular weight excluding hydrogens is 302 g/mol. The molecule has 2 aromatic carbocycles. The highest BCUT2D eigenvalue weighted by atomic mass is 16.5. The van der Waals surface area contributed by atoms with Gasteiger partial charge in [-0.3, -0.25) is 9.59 Å². The molecule has 0 aromatic heterocycles. The van der Waals surface area contributed by atoms with Gasteiger partial charge in [0.2, 0.25) is 5.91 Å². The number of ether oxygens (including phenoxy) is 1. The topological polar surface area (TPSA) is 55.4 Å². The molecule has 24 heavy (non-hydrogen) atoms. The molecule has 1 amide bonds. The Bertz CT molecular complexity index is 782. The Labute approximate surface area is 141 Å². The molecule has 0 radical (unpaired) electrons. The summed E-state index contributed by atoms with van der Waals surface area (Å²) in [5, 5.41) is 3.10. The Morgan fingerprint density at radius 3 is 2.75 bits per heavy atom. The van der Waals surface area contributed by atoms with E-state index in [9.17, 15) is 9.59 Å². The zero-order valence-electron chi connectivity index (χ0n) is 14.0. The zero-order chi connectivity index (χ0) is 17.1. The van der Waals surface area contributed by atoms with E-state index >= 15 is 0 Å². The van der Waals surface area contributed by atoms with Crippen molar-refractivity contribution in [1.29, 1.82) is 0 Å². The number of amides is 1. The fraction of sp³-hybridized carbons (Fsp3) is 0.300. The molecule has 0 fully saturated rings. The lowest BCUT2D eigenvalue weighted by atomic mass is 10.0. The molecule has 0 heterocycles. The maximum absolute atomic E-state index is 12.5. The van der Waals surface area contributed by atoms with Crippen LogP contribution >= 0.6 is 0 Å². The summed E-state index contributed by atoms with van der Waals surface area (Å²) >= 11 is 0. The molecule has 0 aliphatic heterocycles. The van der Waals surface area contributed by atoms with Gasteiger partial charge in [0.1, 0.15) is 5.75 Å². The van der Waals surface area contributed by atoms with E-state index in [0.29, 0.717) is 11.3 Å². The van der Waals surface area contributed by atoms with Gasteiger partial charge in [0.15, 0.2) is 5.78 Å². The molecule has 124 valence electrons. The van der Waals surface area contributed by atoms with Crippen LogP contribution in [-0.2, 0) is 17.6 Å². The maximum Gasteiger partial charge on any atom is 0.225 e. The number of aryl methyl sites for hydroxylation is 1. The quantitative estimate of drug-likeness (QED) is 0.860. The Hall–Kier alpha value is -2.62. The summed E-state index contributed by atoms with van der Waals surface area (Å²) in [6.45, 7) is 1.52. The number of nitrogens with one attached hydrogen (secondary N) is 1. The summed E-state index contributed by atoms with van der Waals surface area (Å²) in [6, 6.07) is 13.5. The van der Waals surface area contributed by atoms with Crippen LogP contribution in [0.1, 0.15) is 46.4 Å². The molecule has 1 N–H and O–H groups in total. The summed E-state index contributed by atoms with van der Waals surface area (Å²) < 4.78 is 5.32. The fourth-order valence-corrected chi connectivity index (χ4v) is 3.26. The van der Waals surface area contributed by atoms with Crippen molar-refractivity contribution >= 4 is 11.7 Å². The monoisotopic (exact) mass is 323 g/mol. The van der Waals surface area contributed by atoms with Crippen LogP contribution in [-0.4, -0.2) is 18.8 Å². The first-order valence-electron chi connectivity index (χ1n) is 8.13. The van der Waals surface area contributed by atoms with Crippen LogP contribution in [0.5, 0.6) is 5.75 Å². The third-order valence-electron chi connectivity index (χ3n) is 4.51. The first kappa shape index (κ1) is 16.2. The lowest BCUT2D eigenvalue weighted by Crippen LogP contribution is -2.28. The van der Waals surface area contributed by atoms with E-state index in [4.69, 9.17) is 4.74 Å². The van der Waals surface area contributed by atoms with Gasteiger partial charge in [-0.15, -0.1) is 0 Å². The van der Waals surface area contributed by atoms with Crippen molar-refractivity contribution in [2.75, 3.05) is 7.11 Å². The lowest BCUT2D eigenvalue weighted by molar-refractivity contribution is -0.121. The van der Waals surface area contributed by atoms with Gasteiger partial charge < -0.3 is 10.1 Å². The number of methoxy groups -OCH3 is 1. The van der Waals surface area contributed by atoms with Crippen molar-refractivity contribution in [2.24, 2.45) is 0 Å². The highest BCUT2D eigenvalue weighted by molar-refractivity contribution is 5.94. The van der Waals surface area contributed by atoms with Gasteiger partial charge in [-0.05, 0) is 49.1 Å². The van der Waals surface area contributed by atoms with Crippen molar-refractivity contribution in [2.45, 2.75) is 32.2 Å². The third-order valence-corrected chi connectivity index (χ3v) is 4.51. The summed E-state index contributed by atoms with van der Waals surface area (Å²) in [5.74, 6) is 0.543. The smallest absolute Gasteiger partial charge is 0.225 e. The van der Waals surface area contributed by atoms with Crippen molar-refractivity contribution in [1.82, 2.24) is 5.32 Å². The number of rotatable bonds is 5. The Morgan fingerprint density at radius 2 is 2.00 bits per heavy atom. The second-order valence-corrected chi connectivity index (χ2v) is 6.12. The molecule has 0 saturated carbocycles. The molecule has 1 atom stereocenters. The summed E-state index contributed by atoms with van der Waals surface area (Å²) in [6.07, 6.45) is 2.11. The van der Waals surface area contributed by atoms with Crippen molar-refractivity contribution in [3.63, 3.8) is 0 Å². The summed E-state index contributed by atoms with van der Waals surface area (Å²) in [4.78, 5) is 24.0. The highest BCUT2D eigenvalue weighted by Gasteiger charge is 2.23. The summed E-state index contributed by atoms with van der Waals surface area (Å²) in [7, 11) is 1.57. The Balaban J connectivity index is 1.74. The van der Waals surface area contributed by atoms with Gasteiger partial charge in [0.05, 0.1) is 19.6 Å². The zero-order valence-corrected chi connectivity index (χ0v) is 14.0. The summed E-state index contributed by atoms with van der Waals surface area (Å²) in [5.41, 5.74) is 3.83. The fourth-order valence-electron chi connectivity index (χ4n) is 3.26. The molecule has 1 aliphatic carbocycles. The molecule has 3 rings (SSSR count). The molecule has 0 spiro atoms. The second-order valence-electron chi connectivity index (χ2n) is 6.12. The largest absolute Gasteiger partial charge is 0.496 e. The number of carbonyl (C=O) groups excluding carboxylic acids is 2. The predicted octanol–water partition coefficient (Wildman–Crippen LogP) is 3.24. The Kier molecular flexibility index (Phi) is 4.65. The van der Waals surface area contributed by atoms with E-state index in [1.807, 2.05) is 12.1 Å². The number of fused-ring (bicyclic) bond motifs is 1. The molecule has 1 unspecified atom stereocenters. The minimum absolute atomic E-state index is 0.0240. The van der Waals surface area contributed by atoms with Gasteiger partial charge in [-0.2, -0.15) is 0 Å². The SMILES string of the molecule is COc1ccc(C(C)=O)cc1CC(=O)NC1CCc2ccccc21. The molecule has 0 bridgehead atoms. The molecule has 0 saturated heterocycles. The normalized spacial score (nSPS) is 15.7. The van der Waals surface area contributed by atoms with Crippen LogP contribution < -0.4 is 10.1 Å². The first-order chi connectivity index (χ1) is 11.6. The predicted molar refractivity (Wildman–Crippen MR) is 92.3 cm³/mol. The van der Waals surface area contributed by atoms with E-state index in [0.717, 1.165) is 18.4 Å². The minimum atomic E-state index is -0.0595. The number of benzene rings is 2. The number of hydrogen-bond donors (Lipinski definition) is 1. The number of ketones is 1. The minimum Gasteiger partial charge on any atom is -0.496 e. The Morgan fingerprint density at radius 1 is 1.21 bits per heavy atom. The highest BCUT2D eigenvalue weighted by Crippen LogP contribution is 2.31. The third kappa shape index (κ3) is 3.32. The van der Waals surface area contributed by atoms with Gasteiger partial charge >= 0.3 is 0 Å². The van der Waals surface area contributed by atoms with E-state index in [2.05, 4.69) is 17.4 Å². The average Bonchev–Trinajstić information content (AvgIpc) is 2.98. The standard InChI is InChI=1S/C20H21NO3/c1-13(22)15-8-10-19(24-2)16(11-15)12-20(23)21-18-9-7-14-5-3-4-6-17(14)18/h3-6,8,10-11,18H,7,9,12H2,1-2H3,(H,21,23). The maximum atomic E-state index is 12.5. The van der Waals surface area contributed by atoms with Gasteiger partial charge in [-0.25, -0.2) is 0 Å². The van der Waals surface area contributed by atoms with E-state index < -0.39 is 0 Å². The van der Waals surface area contributed by atoms with Crippen LogP contribution in [0.2, 0.25) is 0 Å². The number of hydrogen-bond acceptors (Lipinski definition) is 3. The van der Waals surface area contributed by atoms with E-state index in [1.165, 1.54) is 18.1 Å². The lowest BCUT2D eigenvalue weighted by Gasteiger charge is -2.15. The van der Waals surface area contributed by atoms with Crippen molar-refractivity contribution in [3.05, 3.63) is 64.7 Å². The number of carbonyl (C=O) groups is 2. The van der Waals surface area contributed by atoms with Crippen molar-refractivity contribution in [3.8, 4) is 5.75 Å². The van der Waals surface area contributed by atoms with Crippen LogP contribution in [0.4, 0.5) is 0 Å². The first-order valence-corrected chi connectivity index (χ1v) is 8.13. The van der Waals surface area contributed by atoms with Crippen LogP contribution in [0.25, 0.3) is 0 Å². The molecule has 2 aromatic rings. The number of Topliss-reactive ketones (excluding diaryl/α,β-unsaturated/α-hetero) is 1. The molecule has 4 heteroatoms. The molecule has 1 aliphatic rings. The van der Waals surface area contributed by atoms with Crippen LogP contribution in [0.15, 0.2) is 42.5 Å². The average molecular weight is 323 g/mol. The van der Waals surface area contributed by atoms with Gasteiger partial charge in [0, 0.05) is 11.1 Å². The molecular formula is C20H21NO3.